The minimum absolute atomic E-state index is 0.0272. The number of benzene rings is 1. The lowest BCUT2D eigenvalue weighted by atomic mass is 10.1. The van der Waals surface area contributed by atoms with Crippen LogP contribution in [0.25, 0.3) is 0 Å². The standard InChI is InChI=1S/C20H30N2O3S/c1-4-11-26-12-5-10-21-19(23)8-9-20(24)22-14-16(3)25-18-7-6-15(2)13-17(18)22/h6-7,13,16H,4-5,8-12,14H2,1-3H3,(H,21,23). The van der Waals surface area contributed by atoms with Crippen LogP contribution in [0.3, 0.4) is 0 Å². The number of nitrogens with zero attached hydrogens (tertiary/aromatic N) is 1. The van der Waals surface area contributed by atoms with Crippen LogP contribution in [0.5, 0.6) is 5.75 Å². The number of aryl methyl sites for hydroxylation is 1. The van der Waals surface area contributed by atoms with E-state index in [0.29, 0.717) is 13.1 Å². The van der Waals surface area contributed by atoms with Crippen molar-refractivity contribution in [1.29, 1.82) is 0 Å². The van der Waals surface area contributed by atoms with Crippen LogP contribution in [0.2, 0.25) is 0 Å². The van der Waals surface area contributed by atoms with Gasteiger partial charge in [0.25, 0.3) is 0 Å². The molecule has 0 radical (unpaired) electrons. The lowest BCUT2D eigenvalue weighted by molar-refractivity contribution is -0.125. The number of carbonyl (C=O) groups excluding carboxylic acids is 2. The van der Waals surface area contributed by atoms with Crippen LogP contribution >= 0.6 is 11.8 Å². The first-order valence-corrected chi connectivity index (χ1v) is 10.6. The highest BCUT2D eigenvalue weighted by atomic mass is 32.2. The van der Waals surface area contributed by atoms with Gasteiger partial charge in [-0.05, 0) is 55.9 Å². The Labute approximate surface area is 160 Å². The van der Waals surface area contributed by atoms with Gasteiger partial charge in [0.05, 0.1) is 12.2 Å². The van der Waals surface area contributed by atoms with Crippen LogP contribution in [0, 0.1) is 6.92 Å². The molecule has 2 rings (SSSR count). The van der Waals surface area contributed by atoms with Crippen LogP contribution in [0.15, 0.2) is 18.2 Å². The minimum Gasteiger partial charge on any atom is -0.487 e. The molecule has 0 saturated carbocycles. The molecule has 2 amide bonds. The molecule has 1 N–H and O–H groups in total. The molecule has 1 unspecified atom stereocenters. The molecule has 5 nitrogen and oxygen atoms in total. The maximum Gasteiger partial charge on any atom is 0.227 e. The first-order chi connectivity index (χ1) is 12.5. The molecule has 1 aliphatic rings. The predicted octanol–water partition coefficient (Wildman–Crippen LogP) is 3.54. The summed E-state index contributed by atoms with van der Waals surface area (Å²) in [6.45, 7) is 7.31. The number of nitrogens with one attached hydrogen (secondary N) is 1. The summed E-state index contributed by atoms with van der Waals surface area (Å²) in [5.74, 6) is 2.89. The second-order valence-electron chi connectivity index (χ2n) is 6.72. The average Bonchev–Trinajstić information content (AvgIpc) is 2.62. The summed E-state index contributed by atoms with van der Waals surface area (Å²) >= 11 is 1.91. The number of anilines is 1. The second-order valence-corrected chi connectivity index (χ2v) is 7.94. The summed E-state index contributed by atoms with van der Waals surface area (Å²) < 4.78 is 5.81. The van der Waals surface area contributed by atoms with E-state index in [1.54, 1.807) is 4.90 Å². The van der Waals surface area contributed by atoms with Crippen molar-refractivity contribution >= 4 is 29.3 Å². The molecule has 0 aliphatic carbocycles. The summed E-state index contributed by atoms with van der Waals surface area (Å²) in [7, 11) is 0. The molecular formula is C20H30N2O3S. The number of fused-ring (bicyclic) bond motifs is 1. The van der Waals surface area contributed by atoms with E-state index in [2.05, 4.69) is 12.2 Å². The zero-order chi connectivity index (χ0) is 18.9. The van der Waals surface area contributed by atoms with E-state index >= 15 is 0 Å². The fraction of sp³-hybridized carbons (Fsp3) is 0.600. The molecule has 1 aliphatic heterocycles. The van der Waals surface area contributed by atoms with Crippen molar-refractivity contribution in [2.24, 2.45) is 0 Å². The smallest absolute Gasteiger partial charge is 0.227 e. The molecule has 0 spiro atoms. The maximum atomic E-state index is 12.7. The van der Waals surface area contributed by atoms with Crippen molar-refractivity contribution < 1.29 is 14.3 Å². The largest absolute Gasteiger partial charge is 0.487 e. The third kappa shape index (κ3) is 6.24. The average molecular weight is 379 g/mol. The molecule has 1 atom stereocenters. The maximum absolute atomic E-state index is 12.7. The van der Waals surface area contributed by atoms with Gasteiger partial charge in [0.2, 0.25) is 11.8 Å². The van der Waals surface area contributed by atoms with Crippen LogP contribution in [0.1, 0.15) is 45.1 Å². The van der Waals surface area contributed by atoms with E-state index in [0.717, 1.165) is 29.2 Å². The Morgan fingerprint density at radius 2 is 2.12 bits per heavy atom. The van der Waals surface area contributed by atoms with Crippen LogP contribution in [-0.2, 0) is 9.59 Å². The van der Waals surface area contributed by atoms with E-state index in [4.69, 9.17) is 4.74 Å². The molecule has 0 bridgehead atoms. The number of hydrogen-bond donors (Lipinski definition) is 1. The van der Waals surface area contributed by atoms with Crippen molar-refractivity contribution in [2.75, 3.05) is 29.5 Å². The van der Waals surface area contributed by atoms with E-state index in [-0.39, 0.29) is 30.8 Å². The summed E-state index contributed by atoms with van der Waals surface area (Å²) in [4.78, 5) is 26.4. The fourth-order valence-corrected chi connectivity index (χ4v) is 3.72. The first-order valence-electron chi connectivity index (χ1n) is 9.43. The van der Waals surface area contributed by atoms with E-state index in [1.807, 2.05) is 43.8 Å². The Bertz CT molecular complexity index is 621. The highest BCUT2D eigenvalue weighted by Crippen LogP contribution is 2.34. The topological polar surface area (TPSA) is 58.6 Å². The lowest BCUT2D eigenvalue weighted by Crippen LogP contribution is -2.42. The summed E-state index contributed by atoms with van der Waals surface area (Å²) in [5, 5.41) is 2.91. The Hall–Kier alpha value is -1.69. The number of hydrogen-bond acceptors (Lipinski definition) is 4. The number of amides is 2. The second kappa shape index (κ2) is 10.5. The van der Waals surface area contributed by atoms with Gasteiger partial charge in [-0.2, -0.15) is 11.8 Å². The minimum atomic E-state index is -0.0522. The van der Waals surface area contributed by atoms with Gasteiger partial charge in [-0.25, -0.2) is 0 Å². The number of carbonyl (C=O) groups is 2. The van der Waals surface area contributed by atoms with Crippen molar-refractivity contribution in [3.05, 3.63) is 23.8 Å². The quantitative estimate of drug-likeness (QED) is 0.668. The predicted molar refractivity (Wildman–Crippen MR) is 108 cm³/mol. The highest BCUT2D eigenvalue weighted by Gasteiger charge is 2.27. The van der Waals surface area contributed by atoms with E-state index in [1.165, 1.54) is 12.2 Å². The lowest BCUT2D eigenvalue weighted by Gasteiger charge is -2.33. The van der Waals surface area contributed by atoms with Crippen LogP contribution in [-0.4, -0.2) is 42.5 Å². The van der Waals surface area contributed by atoms with E-state index in [9.17, 15) is 9.59 Å². The summed E-state index contributed by atoms with van der Waals surface area (Å²) in [6, 6.07) is 5.85. The third-order valence-corrected chi connectivity index (χ3v) is 5.45. The van der Waals surface area contributed by atoms with Crippen molar-refractivity contribution in [3.63, 3.8) is 0 Å². The molecule has 1 heterocycles. The molecule has 1 aromatic carbocycles. The first kappa shape index (κ1) is 20.6. The summed E-state index contributed by atoms with van der Waals surface area (Å²) in [6.07, 6.45) is 2.55. The van der Waals surface area contributed by atoms with Crippen molar-refractivity contribution in [2.45, 2.75) is 52.6 Å². The van der Waals surface area contributed by atoms with Gasteiger partial charge in [0.15, 0.2) is 0 Å². The van der Waals surface area contributed by atoms with Gasteiger partial charge >= 0.3 is 0 Å². The van der Waals surface area contributed by atoms with Crippen molar-refractivity contribution in [3.8, 4) is 5.75 Å². The Kier molecular flexibility index (Phi) is 8.29. The molecule has 0 fully saturated rings. The monoisotopic (exact) mass is 378 g/mol. The Morgan fingerprint density at radius 1 is 1.31 bits per heavy atom. The van der Waals surface area contributed by atoms with Gasteiger partial charge in [-0.15, -0.1) is 0 Å². The highest BCUT2D eigenvalue weighted by molar-refractivity contribution is 7.99. The zero-order valence-electron chi connectivity index (χ0n) is 16.0. The summed E-state index contributed by atoms with van der Waals surface area (Å²) in [5.41, 5.74) is 1.89. The fourth-order valence-electron chi connectivity index (χ4n) is 2.88. The van der Waals surface area contributed by atoms with Crippen molar-refractivity contribution in [1.82, 2.24) is 5.32 Å². The Morgan fingerprint density at radius 3 is 2.88 bits per heavy atom. The molecule has 144 valence electrons. The molecule has 6 heteroatoms. The third-order valence-electron chi connectivity index (χ3n) is 4.18. The number of ether oxygens (including phenoxy) is 1. The van der Waals surface area contributed by atoms with E-state index < -0.39 is 0 Å². The molecule has 26 heavy (non-hydrogen) atoms. The molecular weight excluding hydrogens is 348 g/mol. The normalized spacial score (nSPS) is 16.0. The number of thioether (sulfide) groups is 1. The molecule has 0 aromatic heterocycles. The van der Waals surface area contributed by atoms with Crippen LogP contribution < -0.4 is 15.0 Å². The zero-order valence-corrected chi connectivity index (χ0v) is 16.9. The van der Waals surface area contributed by atoms with Gasteiger partial charge in [-0.3, -0.25) is 9.59 Å². The van der Waals surface area contributed by atoms with Gasteiger partial charge in [0, 0.05) is 19.4 Å². The van der Waals surface area contributed by atoms with Gasteiger partial charge in [-0.1, -0.05) is 13.0 Å². The number of rotatable bonds is 9. The van der Waals surface area contributed by atoms with Crippen LogP contribution in [0.4, 0.5) is 5.69 Å². The Balaban J connectivity index is 1.79. The molecule has 0 saturated heterocycles. The van der Waals surface area contributed by atoms with Gasteiger partial charge < -0.3 is 15.0 Å². The molecule has 1 aromatic rings. The SMILES string of the molecule is CCCSCCCNC(=O)CCC(=O)N1CC(C)Oc2ccc(C)cc21. The van der Waals surface area contributed by atoms with Gasteiger partial charge in [0.1, 0.15) is 11.9 Å².